The van der Waals surface area contributed by atoms with E-state index >= 15 is 0 Å². The van der Waals surface area contributed by atoms with Gasteiger partial charge in [-0.05, 0) is 44.3 Å². The van der Waals surface area contributed by atoms with Crippen LogP contribution in [0.15, 0.2) is 42.5 Å². The molecular formula is C21H23N3O. The van der Waals surface area contributed by atoms with Gasteiger partial charge in [-0.25, -0.2) is 0 Å². The maximum Gasteiger partial charge on any atom is 0.122 e. The van der Waals surface area contributed by atoms with Gasteiger partial charge in [-0.2, -0.15) is 5.26 Å². The van der Waals surface area contributed by atoms with Crippen LogP contribution < -0.4 is 0 Å². The number of hydrogen-bond acceptors (Lipinski definition) is 3. The first-order chi connectivity index (χ1) is 12.1. The van der Waals surface area contributed by atoms with E-state index in [2.05, 4.69) is 29.4 Å². The fraction of sp³-hybridized carbons (Fsp3) is 0.286. The number of fused-ring (bicyclic) bond motifs is 1. The smallest absolute Gasteiger partial charge is 0.122 e. The zero-order chi connectivity index (χ0) is 18.0. The molecular weight excluding hydrogens is 310 g/mol. The maximum absolute atomic E-state index is 10.6. The van der Waals surface area contributed by atoms with Gasteiger partial charge in [0.25, 0.3) is 0 Å². The molecule has 128 valence electrons. The van der Waals surface area contributed by atoms with Crippen molar-refractivity contribution in [3.8, 4) is 17.5 Å². The van der Waals surface area contributed by atoms with Gasteiger partial charge in [0.1, 0.15) is 11.8 Å². The molecule has 1 heterocycles. The van der Waals surface area contributed by atoms with Gasteiger partial charge < -0.3 is 9.67 Å². The van der Waals surface area contributed by atoms with E-state index in [1.165, 1.54) is 0 Å². The average molecular weight is 333 g/mol. The lowest BCUT2D eigenvalue weighted by Gasteiger charge is -2.20. The SMILES string of the molecule is CCN(CC)Cc1c(O)ccc2c(C#N)c(C)n(-c3ccccc3)c12. The van der Waals surface area contributed by atoms with E-state index in [-0.39, 0.29) is 5.75 Å². The number of rotatable bonds is 5. The minimum atomic E-state index is 0.276. The highest BCUT2D eigenvalue weighted by atomic mass is 16.3. The Labute approximate surface area is 148 Å². The molecule has 3 rings (SSSR count). The summed E-state index contributed by atoms with van der Waals surface area (Å²) < 4.78 is 2.09. The van der Waals surface area contributed by atoms with E-state index in [4.69, 9.17) is 0 Å². The Bertz CT molecular complexity index is 931. The highest BCUT2D eigenvalue weighted by molar-refractivity contribution is 5.93. The number of benzene rings is 2. The molecule has 25 heavy (non-hydrogen) atoms. The molecule has 0 bridgehead atoms. The number of nitrogens with zero attached hydrogens (tertiary/aromatic N) is 3. The van der Waals surface area contributed by atoms with Crippen LogP contribution in [0.4, 0.5) is 0 Å². The van der Waals surface area contributed by atoms with Crippen LogP contribution in [-0.2, 0) is 6.54 Å². The number of aromatic nitrogens is 1. The molecule has 0 saturated heterocycles. The lowest BCUT2D eigenvalue weighted by atomic mass is 10.1. The van der Waals surface area contributed by atoms with Crippen molar-refractivity contribution in [3.63, 3.8) is 0 Å². The van der Waals surface area contributed by atoms with E-state index in [9.17, 15) is 10.4 Å². The van der Waals surface area contributed by atoms with Crippen molar-refractivity contribution in [2.75, 3.05) is 13.1 Å². The van der Waals surface area contributed by atoms with Gasteiger partial charge >= 0.3 is 0 Å². The van der Waals surface area contributed by atoms with Crippen molar-refractivity contribution in [1.82, 2.24) is 9.47 Å². The van der Waals surface area contributed by atoms with Crippen molar-refractivity contribution in [1.29, 1.82) is 5.26 Å². The number of aromatic hydroxyl groups is 1. The molecule has 0 unspecified atom stereocenters. The molecule has 0 fully saturated rings. The summed E-state index contributed by atoms with van der Waals surface area (Å²) in [5.41, 5.74) is 4.36. The predicted octanol–water partition coefficient (Wildman–Crippen LogP) is 4.36. The molecule has 0 atom stereocenters. The number of para-hydroxylation sites is 1. The summed E-state index contributed by atoms with van der Waals surface area (Å²) in [4.78, 5) is 2.26. The number of phenols is 1. The molecule has 1 N–H and O–H groups in total. The molecule has 0 aliphatic heterocycles. The van der Waals surface area contributed by atoms with E-state index in [1.807, 2.05) is 43.3 Å². The lowest BCUT2D eigenvalue weighted by molar-refractivity contribution is 0.292. The van der Waals surface area contributed by atoms with Crippen molar-refractivity contribution >= 4 is 10.9 Å². The third kappa shape index (κ3) is 2.88. The second-order valence-corrected chi connectivity index (χ2v) is 6.16. The van der Waals surface area contributed by atoms with Crippen molar-refractivity contribution in [3.05, 3.63) is 59.3 Å². The molecule has 0 radical (unpaired) electrons. The van der Waals surface area contributed by atoms with Gasteiger partial charge in [0.2, 0.25) is 0 Å². The fourth-order valence-corrected chi connectivity index (χ4v) is 3.42. The van der Waals surface area contributed by atoms with Gasteiger partial charge in [0.15, 0.2) is 0 Å². The van der Waals surface area contributed by atoms with Crippen LogP contribution in [0.1, 0.15) is 30.7 Å². The van der Waals surface area contributed by atoms with Gasteiger partial charge in [0.05, 0.1) is 11.1 Å². The van der Waals surface area contributed by atoms with E-state index in [0.717, 1.165) is 40.9 Å². The Hall–Kier alpha value is -2.77. The van der Waals surface area contributed by atoms with Crippen LogP contribution in [0, 0.1) is 18.3 Å². The summed E-state index contributed by atoms with van der Waals surface area (Å²) in [5, 5.41) is 21.1. The Kier molecular flexibility index (Phi) is 4.78. The summed E-state index contributed by atoms with van der Waals surface area (Å²) >= 11 is 0. The van der Waals surface area contributed by atoms with Crippen molar-refractivity contribution in [2.45, 2.75) is 27.3 Å². The van der Waals surface area contributed by atoms with Crippen molar-refractivity contribution < 1.29 is 5.11 Å². The van der Waals surface area contributed by atoms with Gasteiger partial charge in [-0.3, -0.25) is 4.90 Å². The van der Waals surface area contributed by atoms with E-state index < -0.39 is 0 Å². The zero-order valence-corrected chi connectivity index (χ0v) is 15.0. The summed E-state index contributed by atoms with van der Waals surface area (Å²) in [6.45, 7) is 8.65. The Morgan fingerprint density at radius 3 is 2.36 bits per heavy atom. The molecule has 2 aromatic carbocycles. The minimum absolute atomic E-state index is 0.276. The third-order valence-corrected chi connectivity index (χ3v) is 4.85. The largest absolute Gasteiger partial charge is 0.508 e. The first-order valence-corrected chi connectivity index (χ1v) is 8.66. The minimum Gasteiger partial charge on any atom is -0.508 e. The van der Waals surface area contributed by atoms with Crippen LogP contribution in [0.3, 0.4) is 0 Å². The Balaban J connectivity index is 2.37. The average Bonchev–Trinajstić information content (AvgIpc) is 2.93. The van der Waals surface area contributed by atoms with Crippen LogP contribution in [-0.4, -0.2) is 27.7 Å². The summed E-state index contributed by atoms with van der Waals surface area (Å²) in [6, 6.07) is 15.9. The summed E-state index contributed by atoms with van der Waals surface area (Å²) in [7, 11) is 0. The topological polar surface area (TPSA) is 52.2 Å². The molecule has 0 aliphatic rings. The number of nitriles is 1. The molecule has 0 saturated carbocycles. The third-order valence-electron chi connectivity index (χ3n) is 4.85. The monoisotopic (exact) mass is 333 g/mol. The number of hydrogen-bond donors (Lipinski definition) is 1. The lowest BCUT2D eigenvalue weighted by Crippen LogP contribution is -2.22. The number of phenolic OH excluding ortho intramolecular Hbond substituents is 1. The van der Waals surface area contributed by atoms with Crippen LogP contribution in [0.2, 0.25) is 0 Å². The zero-order valence-electron chi connectivity index (χ0n) is 15.0. The summed E-state index contributed by atoms with van der Waals surface area (Å²) in [6.07, 6.45) is 0. The molecule has 4 heteroatoms. The van der Waals surface area contributed by atoms with E-state index in [0.29, 0.717) is 12.1 Å². The quantitative estimate of drug-likeness (QED) is 0.755. The van der Waals surface area contributed by atoms with Gasteiger partial charge in [-0.15, -0.1) is 0 Å². The normalized spacial score (nSPS) is 11.2. The van der Waals surface area contributed by atoms with Crippen LogP contribution in [0.5, 0.6) is 5.75 Å². The van der Waals surface area contributed by atoms with Crippen LogP contribution >= 0.6 is 0 Å². The van der Waals surface area contributed by atoms with Gasteiger partial charge in [-0.1, -0.05) is 32.0 Å². The Morgan fingerprint density at radius 2 is 1.76 bits per heavy atom. The fourth-order valence-electron chi connectivity index (χ4n) is 3.42. The molecule has 0 spiro atoms. The first-order valence-electron chi connectivity index (χ1n) is 8.66. The second kappa shape index (κ2) is 7.00. The highest BCUT2D eigenvalue weighted by Crippen LogP contribution is 2.35. The molecule has 1 aromatic heterocycles. The standard InChI is InChI=1S/C21H23N3O/c1-4-23(5-2)14-19-20(25)12-11-17-18(13-22)15(3)24(21(17)19)16-9-7-6-8-10-16/h6-12,25H,4-5,14H2,1-3H3. The molecule has 0 aliphatic carbocycles. The Morgan fingerprint density at radius 1 is 1.08 bits per heavy atom. The summed E-state index contributed by atoms with van der Waals surface area (Å²) in [5.74, 6) is 0.276. The predicted molar refractivity (Wildman–Crippen MR) is 101 cm³/mol. The molecule has 0 amide bonds. The van der Waals surface area contributed by atoms with E-state index in [1.54, 1.807) is 6.07 Å². The highest BCUT2D eigenvalue weighted by Gasteiger charge is 2.21. The second-order valence-electron chi connectivity index (χ2n) is 6.16. The van der Waals surface area contributed by atoms with Crippen molar-refractivity contribution in [2.24, 2.45) is 0 Å². The van der Waals surface area contributed by atoms with Gasteiger partial charge in [0, 0.05) is 28.9 Å². The van der Waals surface area contributed by atoms with Crippen LogP contribution in [0.25, 0.3) is 16.6 Å². The maximum atomic E-state index is 10.6. The first kappa shape index (κ1) is 17.1. The molecule has 3 aromatic rings. The molecule has 4 nitrogen and oxygen atoms in total.